The second-order valence-corrected chi connectivity index (χ2v) is 4.57. The Morgan fingerprint density at radius 3 is 2.83 bits per heavy atom. The van der Waals surface area contributed by atoms with E-state index in [-0.39, 0.29) is 10.6 Å². The van der Waals surface area contributed by atoms with Crippen LogP contribution in [0.3, 0.4) is 0 Å². The van der Waals surface area contributed by atoms with Gasteiger partial charge < -0.3 is 10.1 Å². The lowest BCUT2D eigenvalue weighted by Gasteiger charge is -2.26. The second kappa shape index (κ2) is 5.82. The Bertz CT molecular complexity index is 430. The molecule has 1 saturated heterocycles. The Morgan fingerprint density at radius 1 is 1.50 bits per heavy atom. The van der Waals surface area contributed by atoms with Crippen LogP contribution < -0.4 is 10.1 Å². The molecular weight excluding hydrogens is 232 g/mol. The molecule has 1 aromatic rings. The van der Waals surface area contributed by atoms with Gasteiger partial charge in [-0.2, -0.15) is 0 Å². The zero-order chi connectivity index (χ0) is 13.0. The molecule has 0 amide bonds. The molecule has 0 aliphatic carbocycles. The van der Waals surface area contributed by atoms with Gasteiger partial charge in [-0.3, -0.25) is 10.1 Å². The molecule has 1 aliphatic rings. The maximum atomic E-state index is 11.0. The smallest absolute Gasteiger partial charge is 0.311 e. The number of nitro groups is 1. The van der Waals surface area contributed by atoms with E-state index >= 15 is 0 Å². The van der Waals surface area contributed by atoms with Gasteiger partial charge in [-0.25, -0.2) is 0 Å². The van der Waals surface area contributed by atoms with Crippen LogP contribution in [0.25, 0.3) is 0 Å². The molecule has 98 valence electrons. The van der Waals surface area contributed by atoms with E-state index in [1.807, 2.05) is 13.0 Å². The van der Waals surface area contributed by atoms with Crippen molar-refractivity contribution in [3.63, 3.8) is 0 Å². The molecule has 18 heavy (non-hydrogen) atoms. The van der Waals surface area contributed by atoms with Crippen molar-refractivity contribution in [1.29, 1.82) is 0 Å². The van der Waals surface area contributed by atoms with Gasteiger partial charge in [-0.1, -0.05) is 13.0 Å². The van der Waals surface area contributed by atoms with Crippen molar-refractivity contribution < 1.29 is 9.66 Å². The van der Waals surface area contributed by atoms with Gasteiger partial charge in [-0.05, 0) is 43.5 Å². The maximum Gasteiger partial charge on any atom is 0.311 e. The predicted octanol–water partition coefficient (Wildman–Crippen LogP) is 2.15. The molecule has 1 N–H and O–H groups in total. The van der Waals surface area contributed by atoms with E-state index in [1.165, 1.54) is 0 Å². The summed E-state index contributed by atoms with van der Waals surface area (Å²) < 4.78 is 5.53. The summed E-state index contributed by atoms with van der Waals surface area (Å²) in [6.45, 7) is 4.57. The highest BCUT2D eigenvalue weighted by Gasteiger charge is 2.18. The summed E-state index contributed by atoms with van der Waals surface area (Å²) in [4.78, 5) is 10.6. The number of hydrogen-bond donors (Lipinski definition) is 1. The van der Waals surface area contributed by atoms with Crippen LogP contribution in [-0.4, -0.2) is 24.6 Å². The fourth-order valence-corrected chi connectivity index (χ4v) is 1.94. The van der Waals surface area contributed by atoms with Crippen LogP contribution >= 0.6 is 0 Å². The van der Waals surface area contributed by atoms with E-state index in [1.54, 1.807) is 12.1 Å². The van der Waals surface area contributed by atoms with Gasteiger partial charge in [0.15, 0.2) is 5.75 Å². The number of nitrogens with zero attached hydrogens (tertiary/aromatic N) is 1. The standard InChI is InChI=1S/C13H18N2O3/c1-2-10-3-4-13(12(7-10)15(16)17)18-6-5-11-8-14-9-11/h3-4,7,11,14H,2,5-6,8-9H2,1H3. The fraction of sp³-hybridized carbons (Fsp3) is 0.538. The van der Waals surface area contributed by atoms with Crippen molar-refractivity contribution in [3.05, 3.63) is 33.9 Å². The topological polar surface area (TPSA) is 64.4 Å². The summed E-state index contributed by atoms with van der Waals surface area (Å²) >= 11 is 0. The van der Waals surface area contributed by atoms with Crippen LogP contribution in [0.15, 0.2) is 18.2 Å². The fourth-order valence-electron chi connectivity index (χ4n) is 1.94. The van der Waals surface area contributed by atoms with Gasteiger partial charge in [0.05, 0.1) is 11.5 Å². The number of aryl methyl sites for hydroxylation is 1. The Morgan fingerprint density at radius 2 is 2.28 bits per heavy atom. The molecule has 1 fully saturated rings. The van der Waals surface area contributed by atoms with Gasteiger partial charge in [0.1, 0.15) is 0 Å². The van der Waals surface area contributed by atoms with Gasteiger partial charge in [0.2, 0.25) is 0 Å². The molecule has 5 nitrogen and oxygen atoms in total. The lowest BCUT2D eigenvalue weighted by molar-refractivity contribution is -0.385. The van der Waals surface area contributed by atoms with Crippen molar-refractivity contribution in [2.45, 2.75) is 19.8 Å². The highest BCUT2D eigenvalue weighted by atomic mass is 16.6. The molecule has 0 spiro atoms. The highest BCUT2D eigenvalue weighted by Crippen LogP contribution is 2.28. The lowest BCUT2D eigenvalue weighted by atomic mass is 10.0. The van der Waals surface area contributed by atoms with E-state index in [0.29, 0.717) is 18.3 Å². The van der Waals surface area contributed by atoms with E-state index in [4.69, 9.17) is 4.74 Å². The average Bonchev–Trinajstić information content (AvgIpc) is 2.32. The predicted molar refractivity (Wildman–Crippen MR) is 68.9 cm³/mol. The third-order valence-corrected chi connectivity index (χ3v) is 3.28. The van der Waals surface area contributed by atoms with Crippen molar-refractivity contribution in [2.24, 2.45) is 5.92 Å². The Labute approximate surface area is 106 Å². The van der Waals surface area contributed by atoms with Crippen molar-refractivity contribution >= 4 is 5.69 Å². The molecule has 0 atom stereocenters. The first-order valence-electron chi connectivity index (χ1n) is 6.31. The minimum Gasteiger partial charge on any atom is -0.487 e. The Balaban J connectivity index is 1.98. The van der Waals surface area contributed by atoms with Gasteiger partial charge in [-0.15, -0.1) is 0 Å². The van der Waals surface area contributed by atoms with E-state index in [9.17, 15) is 10.1 Å². The summed E-state index contributed by atoms with van der Waals surface area (Å²) in [6, 6.07) is 5.18. The zero-order valence-electron chi connectivity index (χ0n) is 10.5. The number of nitrogens with one attached hydrogen (secondary N) is 1. The summed E-state index contributed by atoms with van der Waals surface area (Å²) in [6.07, 6.45) is 1.73. The van der Waals surface area contributed by atoms with E-state index in [0.717, 1.165) is 31.5 Å². The number of rotatable bonds is 6. The van der Waals surface area contributed by atoms with Crippen molar-refractivity contribution in [2.75, 3.05) is 19.7 Å². The quantitative estimate of drug-likeness (QED) is 0.620. The van der Waals surface area contributed by atoms with Gasteiger partial charge in [0, 0.05) is 6.07 Å². The zero-order valence-corrected chi connectivity index (χ0v) is 10.5. The van der Waals surface area contributed by atoms with Crippen molar-refractivity contribution in [3.8, 4) is 5.75 Å². The second-order valence-electron chi connectivity index (χ2n) is 4.57. The summed E-state index contributed by atoms with van der Waals surface area (Å²) in [5, 5.41) is 14.2. The Hall–Kier alpha value is -1.62. The molecule has 1 heterocycles. The summed E-state index contributed by atoms with van der Waals surface area (Å²) in [5.74, 6) is 1.03. The van der Waals surface area contributed by atoms with E-state index in [2.05, 4.69) is 5.32 Å². The molecule has 2 rings (SSSR count). The minimum absolute atomic E-state index is 0.0704. The molecule has 5 heteroatoms. The van der Waals surface area contributed by atoms with Crippen LogP contribution in [0, 0.1) is 16.0 Å². The molecule has 1 aromatic carbocycles. The normalized spacial score (nSPS) is 15.2. The highest BCUT2D eigenvalue weighted by molar-refractivity contribution is 5.48. The largest absolute Gasteiger partial charge is 0.487 e. The van der Waals surface area contributed by atoms with Gasteiger partial charge in [0.25, 0.3) is 0 Å². The SMILES string of the molecule is CCc1ccc(OCCC2CNC2)c([N+](=O)[O-])c1. The van der Waals surface area contributed by atoms with E-state index < -0.39 is 0 Å². The van der Waals surface area contributed by atoms with Crippen molar-refractivity contribution in [1.82, 2.24) is 5.32 Å². The summed E-state index contributed by atoms with van der Waals surface area (Å²) in [7, 11) is 0. The number of benzene rings is 1. The lowest BCUT2D eigenvalue weighted by Crippen LogP contribution is -2.42. The number of ether oxygens (including phenoxy) is 1. The minimum atomic E-state index is -0.376. The maximum absolute atomic E-state index is 11.0. The number of hydrogen-bond acceptors (Lipinski definition) is 4. The molecule has 1 aliphatic heterocycles. The van der Waals surface area contributed by atoms with Crippen LogP contribution in [0.5, 0.6) is 5.75 Å². The molecule has 0 saturated carbocycles. The molecule has 0 bridgehead atoms. The monoisotopic (exact) mass is 250 g/mol. The third kappa shape index (κ3) is 2.98. The third-order valence-electron chi connectivity index (χ3n) is 3.28. The molecule has 0 unspecified atom stereocenters. The van der Waals surface area contributed by atoms with Crippen LogP contribution in [0.2, 0.25) is 0 Å². The summed E-state index contributed by atoms with van der Waals surface area (Å²) in [5.41, 5.74) is 1.03. The number of nitro benzene ring substituents is 1. The molecular formula is C13H18N2O3. The van der Waals surface area contributed by atoms with Gasteiger partial charge >= 0.3 is 5.69 Å². The van der Waals surface area contributed by atoms with Crippen LogP contribution in [0.1, 0.15) is 18.9 Å². The molecule has 0 radical (unpaired) electrons. The first kappa shape index (κ1) is 12.8. The van der Waals surface area contributed by atoms with Crippen LogP contribution in [-0.2, 0) is 6.42 Å². The Kier molecular flexibility index (Phi) is 4.15. The first-order chi connectivity index (χ1) is 8.70. The van der Waals surface area contributed by atoms with Crippen LogP contribution in [0.4, 0.5) is 5.69 Å². The first-order valence-corrected chi connectivity index (χ1v) is 6.31. The average molecular weight is 250 g/mol. The molecule has 0 aromatic heterocycles.